The summed E-state index contributed by atoms with van der Waals surface area (Å²) in [6.45, 7) is 6.20. The first-order chi connectivity index (χ1) is 8.85. The Morgan fingerprint density at radius 2 is 2.50 bits per heavy atom. The van der Waals surface area contributed by atoms with Crippen molar-refractivity contribution in [3.05, 3.63) is 23.9 Å². The largest absolute Gasteiger partial charge is 0.355 e. The molecule has 1 aromatic rings. The van der Waals surface area contributed by atoms with Gasteiger partial charge in [-0.25, -0.2) is 4.98 Å². The standard InChI is InChI=1S/C14H20N4/c1-2-18(11-12-5-3-7-16-10-12)14-13(9-15)6-4-8-17-14/h4,6,8,12,16H,2-3,5,7,10-11H2,1H3. The van der Waals surface area contributed by atoms with Crippen molar-refractivity contribution in [3.8, 4) is 6.07 Å². The van der Waals surface area contributed by atoms with Gasteiger partial charge in [0, 0.05) is 19.3 Å². The van der Waals surface area contributed by atoms with Gasteiger partial charge in [-0.05, 0) is 50.9 Å². The predicted octanol–water partition coefficient (Wildman–Crippen LogP) is 1.78. The van der Waals surface area contributed by atoms with E-state index in [2.05, 4.69) is 28.2 Å². The van der Waals surface area contributed by atoms with Gasteiger partial charge in [0.2, 0.25) is 0 Å². The third-order valence-electron chi connectivity index (χ3n) is 3.47. The summed E-state index contributed by atoms with van der Waals surface area (Å²) < 4.78 is 0. The molecular formula is C14H20N4. The number of hydrogen-bond acceptors (Lipinski definition) is 4. The van der Waals surface area contributed by atoms with E-state index in [1.807, 2.05) is 12.1 Å². The molecule has 1 atom stereocenters. The van der Waals surface area contributed by atoms with Crippen LogP contribution in [0.1, 0.15) is 25.3 Å². The summed E-state index contributed by atoms with van der Waals surface area (Å²) in [7, 11) is 0. The highest BCUT2D eigenvalue weighted by atomic mass is 15.2. The summed E-state index contributed by atoms with van der Waals surface area (Å²) in [5.41, 5.74) is 0.670. The van der Waals surface area contributed by atoms with Crippen molar-refractivity contribution in [3.63, 3.8) is 0 Å². The maximum atomic E-state index is 9.14. The van der Waals surface area contributed by atoms with Crippen LogP contribution in [0.5, 0.6) is 0 Å². The fraction of sp³-hybridized carbons (Fsp3) is 0.571. The molecule has 0 aliphatic carbocycles. The summed E-state index contributed by atoms with van der Waals surface area (Å²) in [6, 6.07) is 5.88. The number of aromatic nitrogens is 1. The Bertz CT molecular complexity index is 418. The van der Waals surface area contributed by atoms with Gasteiger partial charge in [-0.3, -0.25) is 0 Å². The van der Waals surface area contributed by atoms with Crippen molar-refractivity contribution in [1.82, 2.24) is 10.3 Å². The van der Waals surface area contributed by atoms with E-state index in [9.17, 15) is 0 Å². The molecule has 0 saturated carbocycles. The van der Waals surface area contributed by atoms with E-state index in [1.165, 1.54) is 12.8 Å². The zero-order chi connectivity index (χ0) is 12.8. The minimum atomic E-state index is 0.659. The van der Waals surface area contributed by atoms with E-state index in [1.54, 1.807) is 6.20 Å². The zero-order valence-corrected chi connectivity index (χ0v) is 10.9. The molecule has 0 amide bonds. The Hall–Kier alpha value is -1.60. The molecule has 2 heterocycles. The van der Waals surface area contributed by atoms with E-state index in [-0.39, 0.29) is 0 Å². The van der Waals surface area contributed by atoms with Crippen LogP contribution in [0.3, 0.4) is 0 Å². The number of anilines is 1. The molecule has 18 heavy (non-hydrogen) atoms. The molecule has 1 aliphatic heterocycles. The van der Waals surface area contributed by atoms with Crippen LogP contribution in [-0.2, 0) is 0 Å². The van der Waals surface area contributed by atoms with Gasteiger partial charge in [-0.2, -0.15) is 5.26 Å². The van der Waals surface area contributed by atoms with Crippen LogP contribution in [-0.4, -0.2) is 31.2 Å². The Labute approximate surface area is 109 Å². The second kappa shape index (κ2) is 6.36. The monoisotopic (exact) mass is 244 g/mol. The van der Waals surface area contributed by atoms with Crippen LogP contribution >= 0.6 is 0 Å². The third-order valence-corrected chi connectivity index (χ3v) is 3.47. The minimum absolute atomic E-state index is 0.659. The van der Waals surface area contributed by atoms with Gasteiger partial charge in [0.05, 0.1) is 5.56 Å². The first-order valence-corrected chi connectivity index (χ1v) is 6.66. The number of hydrogen-bond donors (Lipinski definition) is 1. The van der Waals surface area contributed by atoms with Crippen LogP contribution in [0.15, 0.2) is 18.3 Å². The zero-order valence-electron chi connectivity index (χ0n) is 10.9. The Morgan fingerprint density at radius 3 is 3.17 bits per heavy atom. The molecule has 4 nitrogen and oxygen atoms in total. The Balaban J connectivity index is 2.10. The normalized spacial score (nSPS) is 19.2. The summed E-state index contributed by atoms with van der Waals surface area (Å²) in [4.78, 5) is 6.59. The van der Waals surface area contributed by atoms with Crippen molar-refractivity contribution in [2.75, 3.05) is 31.1 Å². The fourth-order valence-corrected chi connectivity index (χ4v) is 2.49. The van der Waals surface area contributed by atoms with Gasteiger partial charge >= 0.3 is 0 Å². The summed E-state index contributed by atoms with van der Waals surface area (Å²) >= 11 is 0. The molecule has 1 N–H and O–H groups in total. The number of rotatable bonds is 4. The molecule has 2 rings (SSSR count). The van der Waals surface area contributed by atoms with Crippen LogP contribution in [0.2, 0.25) is 0 Å². The van der Waals surface area contributed by atoms with Gasteiger partial charge in [-0.15, -0.1) is 0 Å². The maximum absolute atomic E-state index is 9.14. The molecule has 1 aliphatic rings. The molecule has 1 fully saturated rings. The lowest BCUT2D eigenvalue weighted by Gasteiger charge is -2.30. The fourth-order valence-electron chi connectivity index (χ4n) is 2.49. The van der Waals surface area contributed by atoms with Crippen molar-refractivity contribution in [2.24, 2.45) is 5.92 Å². The lowest BCUT2D eigenvalue weighted by atomic mass is 9.99. The van der Waals surface area contributed by atoms with Crippen molar-refractivity contribution < 1.29 is 0 Å². The molecule has 1 saturated heterocycles. The molecule has 4 heteroatoms. The lowest BCUT2D eigenvalue weighted by Crippen LogP contribution is -2.38. The number of nitrogens with zero attached hydrogens (tertiary/aromatic N) is 3. The number of pyridine rings is 1. The highest BCUT2D eigenvalue weighted by Gasteiger charge is 2.18. The van der Waals surface area contributed by atoms with Crippen molar-refractivity contribution >= 4 is 5.82 Å². The average molecular weight is 244 g/mol. The van der Waals surface area contributed by atoms with Crippen LogP contribution < -0.4 is 10.2 Å². The van der Waals surface area contributed by atoms with E-state index in [4.69, 9.17) is 5.26 Å². The minimum Gasteiger partial charge on any atom is -0.355 e. The molecule has 0 radical (unpaired) electrons. The van der Waals surface area contributed by atoms with Crippen LogP contribution in [0, 0.1) is 17.2 Å². The average Bonchev–Trinajstić information content (AvgIpc) is 2.46. The van der Waals surface area contributed by atoms with Crippen LogP contribution in [0.4, 0.5) is 5.82 Å². The number of nitrogens with one attached hydrogen (secondary N) is 1. The highest BCUT2D eigenvalue weighted by Crippen LogP contribution is 2.19. The third kappa shape index (κ3) is 2.99. The van der Waals surface area contributed by atoms with Crippen molar-refractivity contribution in [2.45, 2.75) is 19.8 Å². The van der Waals surface area contributed by atoms with Gasteiger partial charge in [0.25, 0.3) is 0 Å². The van der Waals surface area contributed by atoms with E-state index in [0.717, 1.165) is 32.0 Å². The number of piperidine rings is 1. The summed E-state index contributed by atoms with van der Waals surface area (Å²) in [5, 5.41) is 12.6. The van der Waals surface area contributed by atoms with Gasteiger partial charge in [0.15, 0.2) is 0 Å². The van der Waals surface area contributed by atoms with Crippen LogP contribution in [0.25, 0.3) is 0 Å². The van der Waals surface area contributed by atoms with Crippen molar-refractivity contribution in [1.29, 1.82) is 5.26 Å². The van der Waals surface area contributed by atoms with Gasteiger partial charge in [0.1, 0.15) is 11.9 Å². The molecule has 0 spiro atoms. The topological polar surface area (TPSA) is 52.0 Å². The Morgan fingerprint density at radius 1 is 1.61 bits per heavy atom. The molecule has 1 unspecified atom stereocenters. The summed E-state index contributed by atoms with van der Waals surface area (Å²) in [6.07, 6.45) is 4.27. The maximum Gasteiger partial charge on any atom is 0.146 e. The second-order valence-corrected chi connectivity index (χ2v) is 4.74. The molecule has 1 aromatic heterocycles. The molecular weight excluding hydrogens is 224 g/mol. The Kier molecular flexibility index (Phi) is 4.54. The number of nitriles is 1. The van der Waals surface area contributed by atoms with Gasteiger partial charge < -0.3 is 10.2 Å². The molecule has 0 bridgehead atoms. The van der Waals surface area contributed by atoms with E-state index >= 15 is 0 Å². The summed E-state index contributed by atoms with van der Waals surface area (Å²) in [5.74, 6) is 1.49. The van der Waals surface area contributed by atoms with Gasteiger partial charge in [-0.1, -0.05) is 0 Å². The smallest absolute Gasteiger partial charge is 0.146 e. The van der Waals surface area contributed by atoms with E-state index in [0.29, 0.717) is 11.5 Å². The second-order valence-electron chi connectivity index (χ2n) is 4.74. The highest BCUT2D eigenvalue weighted by molar-refractivity contribution is 5.53. The molecule has 96 valence electrons. The SMILES string of the molecule is CCN(CC1CCCNC1)c1ncccc1C#N. The lowest BCUT2D eigenvalue weighted by molar-refractivity contribution is 0.377. The first-order valence-electron chi connectivity index (χ1n) is 6.66. The molecule has 0 aromatic carbocycles. The quantitative estimate of drug-likeness (QED) is 0.877. The first kappa shape index (κ1) is 12.8. The predicted molar refractivity (Wildman–Crippen MR) is 72.4 cm³/mol. The van der Waals surface area contributed by atoms with E-state index < -0.39 is 0 Å².